The first-order valence-corrected chi connectivity index (χ1v) is 8.93. The van der Waals surface area contributed by atoms with Gasteiger partial charge >= 0.3 is 6.18 Å². The lowest BCUT2D eigenvalue weighted by Gasteiger charge is -2.17. The summed E-state index contributed by atoms with van der Waals surface area (Å²) in [7, 11) is 0. The molecule has 1 amide bonds. The molecule has 1 fully saturated rings. The van der Waals surface area contributed by atoms with Gasteiger partial charge in [-0.2, -0.15) is 13.2 Å². The van der Waals surface area contributed by atoms with Crippen molar-refractivity contribution in [2.45, 2.75) is 38.0 Å². The van der Waals surface area contributed by atoms with Gasteiger partial charge in [-0.25, -0.2) is 4.98 Å². The van der Waals surface area contributed by atoms with Crippen molar-refractivity contribution < 1.29 is 22.7 Å². The molecule has 1 saturated heterocycles. The van der Waals surface area contributed by atoms with Crippen molar-refractivity contribution in [1.29, 1.82) is 0 Å². The van der Waals surface area contributed by atoms with E-state index in [0.29, 0.717) is 25.9 Å². The molecule has 0 aliphatic carbocycles. The van der Waals surface area contributed by atoms with Crippen LogP contribution < -0.4 is 4.74 Å². The number of aryl methyl sites for hydroxylation is 1. The van der Waals surface area contributed by atoms with Gasteiger partial charge in [0.1, 0.15) is 6.10 Å². The lowest BCUT2D eigenvalue weighted by molar-refractivity contribution is -0.137. The maximum atomic E-state index is 12.8. The molecule has 7 heteroatoms. The SMILES string of the molecule is O=C(CCCc1ccccc1)N1CCC(Oc2cc(C(F)(F)F)ccn2)C1. The minimum Gasteiger partial charge on any atom is -0.472 e. The predicted octanol–water partition coefficient (Wildman–Crippen LogP) is 4.10. The van der Waals surface area contributed by atoms with Crippen LogP contribution in [0.1, 0.15) is 30.4 Å². The Bertz CT molecular complexity index is 765. The number of hydrogen-bond acceptors (Lipinski definition) is 3. The maximum absolute atomic E-state index is 12.8. The molecule has 0 saturated carbocycles. The number of aromatic nitrogens is 1. The first-order chi connectivity index (χ1) is 12.9. The van der Waals surface area contributed by atoms with Crippen LogP contribution in [0.4, 0.5) is 13.2 Å². The Labute approximate surface area is 156 Å². The Morgan fingerprint density at radius 3 is 2.74 bits per heavy atom. The second-order valence-corrected chi connectivity index (χ2v) is 6.59. The van der Waals surface area contributed by atoms with Crippen LogP contribution in [0, 0.1) is 0 Å². The number of alkyl halides is 3. The van der Waals surface area contributed by atoms with Gasteiger partial charge in [0.15, 0.2) is 0 Å². The summed E-state index contributed by atoms with van der Waals surface area (Å²) in [6, 6.07) is 11.8. The Hall–Kier alpha value is -2.57. The van der Waals surface area contributed by atoms with Gasteiger partial charge in [-0.3, -0.25) is 4.79 Å². The first kappa shape index (κ1) is 19.2. The van der Waals surface area contributed by atoms with E-state index in [2.05, 4.69) is 4.98 Å². The monoisotopic (exact) mass is 378 g/mol. The molecule has 27 heavy (non-hydrogen) atoms. The van der Waals surface area contributed by atoms with Crippen LogP contribution in [-0.4, -0.2) is 35.0 Å². The number of amides is 1. The van der Waals surface area contributed by atoms with Crippen molar-refractivity contribution in [3.8, 4) is 5.88 Å². The number of carbonyl (C=O) groups excluding carboxylic acids is 1. The van der Waals surface area contributed by atoms with Crippen molar-refractivity contribution >= 4 is 5.91 Å². The van der Waals surface area contributed by atoms with Crippen LogP contribution in [0.5, 0.6) is 5.88 Å². The Balaban J connectivity index is 1.46. The molecular formula is C20H21F3N2O2. The van der Waals surface area contributed by atoms with E-state index >= 15 is 0 Å². The Morgan fingerprint density at radius 1 is 1.22 bits per heavy atom. The van der Waals surface area contributed by atoms with Crippen molar-refractivity contribution in [2.24, 2.45) is 0 Å². The fourth-order valence-corrected chi connectivity index (χ4v) is 3.12. The third-order valence-electron chi connectivity index (χ3n) is 4.55. The molecule has 1 aliphatic heterocycles. The van der Waals surface area contributed by atoms with E-state index in [9.17, 15) is 18.0 Å². The van der Waals surface area contributed by atoms with Crippen LogP contribution in [0.3, 0.4) is 0 Å². The zero-order valence-electron chi connectivity index (χ0n) is 14.8. The third kappa shape index (κ3) is 5.45. The van der Waals surface area contributed by atoms with Crippen molar-refractivity contribution in [1.82, 2.24) is 9.88 Å². The van der Waals surface area contributed by atoms with Gasteiger partial charge in [-0.15, -0.1) is 0 Å². The molecule has 0 radical (unpaired) electrons. The summed E-state index contributed by atoms with van der Waals surface area (Å²) in [6.07, 6.45) is -1.05. The van der Waals surface area contributed by atoms with Gasteiger partial charge in [0.2, 0.25) is 11.8 Å². The molecule has 1 unspecified atom stereocenters. The number of nitrogens with zero attached hydrogens (tertiary/aromatic N) is 2. The van der Waals surface area contributed by atoms with Gasteiger partial charge in [0.05, 0.1) is 12.1 Å². The molecule has 1 aromatic heterocycles. The number of carbonyl (C=O) groups is 1. The zero-order chi connectivity index (χ0) is 19.3. The summed E-state index contributed by atoms with van der Waals surface area (Å²) in [6.45, 7) is 0.926. The highest BCUT2D eigenvalue weighted by Crippen LogP contribution is 2.31. The Kier molecular flexibility index (Phi) is 5.98. The largest absolute Gasteiger partial charge is 0.472 e. The highest BCUT2D eigenvalue weighted by Gasteiger charge is 2.32. The van der Waals surface area contributed by atoms with Crippen LogP contribution in [-0.2, 0) is 17.4 Å². The number of hydrogen-bond donors (Lipinski definition) is 0. The fraction of sp³-hybridized carbons (Fsp3) is 0.400. The highest BCUT2D eigenvalue weighted by molar-refractivity contribution is 5.76. The molecule has 1 atom stereocenters. The second-order valence-electron chi connectivity index (χ2n) is 6.59. The summed E-state index contributed by atoms with van der Waals surface area (Å²) >= 11 is 0. The summed E-state index contributed by atoms with van der Waals surface area (Å²) < 4.78 is 43.8. The predicted molar refractivity (Wildman–Crippen MR) is 94.2 cm³/mol. The van der Waals surface area contributed by atoms with E-state index in [1.807, 2.05) is 30.3 Å². The van der Waals surface area contributed by atoms with Crippen molar-refractivity contribution in [3.05, 3.63) is 59.8 Å². The van der Waals surface area contributed by atoms with Crippen LogP contribution in [0.15, 0.2) is 48.7 Å². The first-order valence-electron chi connectivity index (χ1n) is 8.93. The van der Waals surface area contributed by atoms with Gasteiger partial charge in [-0.05, 0) is 24.5 Å². The van der Waals surface area contributed by atoms with E-state index in [1.54, 1.807) is 4.90 Å². The number of pyridine rings is 1. The average molecular weight is 378 g/mol. The lowest BCUT2D eigenvalue weighted by atomic mass is 10.1. The topological polar surface area (TPSA) is 42.4 Å². The molecule has 144 valence electrons. The third-order valence-corrected chi connectivity index (χ3v) is 4.55. The summed E-state index contributed by atoms with van der Waals surface area (Å²) in [5.41, 5.74) is 0.405. The molecule has 0 N–H and O–H groups in total. The number of halogens is 3. The molecule has 2 heterocycles. The van der Waals surface area contributed by atoms with Crippen LogP contribution in [0.2, 0.25) is 0 Å². The van der Waals surface area contributed by atoms with E-state index in [1.165, 1.54) is 5.56 Å². The molecule has 1 aliphatic rings. The van der Waals surface area contributed by atoms with Gasteiger partial charge in [-0.1, -0.05) is 30.3 Å². The van der Waals surface area contributed by atoms with Gasteiger partial charge < -0.3 is 9.64 Å². The summed E-state index contributed by atoms with van der Waals surface area (Å²) in [4.78, 5) is 17.9. The van der Waals surface area contributed by atoms with Crippen molar-refractivity contribution in [2.75, 3.05) is 13.1 Å². The van der Waals surface area contributed by atoms with Crippen LogP contribution >= 0.6 is 0 Å². The second kappa shape index (κ2) is 8.41. The lowest BCUT2D eigenvalue weighted by Crippen LogP contribution is -2.30. The quantitative estimate of drug-likeness (QED) is 0.760. The van der Waals surface area contributed by atoms with E-state index in [-0.39, 0.29) is 17.9 Å². The van der Waals surface area contributed by atoms with Crippen molar-refractivity contribution in [3.63, 3.8) is 0 Å². The maximum Gasteiger partial charge on any atom is 0.416 e. The summed E-state index contributed by atoms with van der Waals surface area (Å²) in [5, 5.41) is 0. The molecule has 1 aromatic carbocycles. The molecule has 0 spiro atoms. The summed E-state index contributed by atoms with van der Waals surface area (Å²) in [5.74, 6) is -0.0118. The normalized spacial score (nSPS) is 17.1. The molecule has 3 rings (SSSR count). The van der Waals surface area contributed by atoms with Gasteiger partial charge in [0, 0.05) is 31.6 Å². The number of benzene rings is 1. The number of likely N-dealkylation sites (tertiary alicyclic amines) is 1. The number of rotatable bonds is 6. The minimum absolute atomic E-state index is 0.0500. The van der Waals surface area contributed by atoms with E-state index < -0.39 is 11.7 Å². The molecule has 2 aromatic rings. The molecule has 4 nitrogen and oxygen atoms in total. The smallest absolute Gasteiger partial charge is 0.416 e. The van der Waals surface area contributed by atoms with E-state index in [0.717, 1.165) is 31.2 Å². The number of ether oxygens (including phenoxy) is 1. The zero-order valence-corrected chi connectivity index (χ0v) is 14.8. The van der Waals surface area contributed by atoms with E-state index in [4.69, 9.17) is 4.74 Å². The fourth-order valence-electron chi connectivity index (χ4n) is 3.12. The highest BCUT2D eigenvalue weighted by atomic mass is 19.4. The molecular weight excluding hydrogens is 357 g/mol. The molecule has 0 bridgehead atoms. The van der Waals surface area contributed by atoms with Gasteiger partial charge in [0.25, 0.3) is 0 Å². The van der Waals surface area contributed by atoms with Crippen LogP contribution in [0.25, 0.3) is 0 Å². The standard InChI is InChI=1S/C20H21F3N2O2/c21-20(22,23)16-9-11-24-18(13-16)27-17-10-12-25(14-17)19(26)8-4-7-15-5-2-1-3-6-15/h1-3,5-6,9,11,13,17H,4,7-8,10,12,14H2. The Morgan fingerprint density at radius 2 is 2.00 bits per heavy atom. The average Bonchev–Trinajstić information content (AvgIpc) is 3.11. The minimum atomic E-state index is -4.43.